The van der Waals surface area contributed by atoms with Crippen LogP contribution in [0.4, 0.5) is 0 Å². The van der Waals surface area contributed by atoms with E-state index >= 15 is 0 Å². The van der Waals surface area contributed by atoms with Crippen molar-refractivity contribution in [3.05, 3.63) is 91.6 Å². The molecule has 0 nitrogen and oxygen atoms in total. The number of hydrogen-bond donors (Lipinski definition) is 0. The lowest BCUT2D eigenvalue weighted by Gasteiger charge is -1.39. The fraction of sp³-hybridized carbons (Fsp3) is 0. The summed E-state index contributed by atoms with van der Waals surface area (Å²) in [4.78, 5) is 0. The largest absolute Gasteiger partial charge is 0.152 e. The fourth-order valence-corrected chi connectivity index (χ4v) is 2.72. The van der Waals surface area contributed by atoms with E-state index in [9.17, 15) is 0 Å². The van der Waals surface area contributed by atoms with Crippen molar-refractivity contribution in [2.45, 2.75) is 0 Å². The molecule has 0 saturated carbocycles. The van der Waals surface area contributed by atoms with E-state index < -0.39 is 0 Å². The van der Waals surface area contributed by atoms with Crippen LogP contribution in [0.2, 0.25) is 0 Å². The lowest BCUT2D eigenvalue weighted by atomic mass is 10.7. The molecule has 0 saturated heterocycles. The number of rotatable bonds is 0. The topological polar surface area (TPSA) is 0 Å². The zero-order valence-corrected chi connectivity index (χ0v) is 14.1. The van der Waals surface area contributed by atoms with Gasteiger partial charge in [0.15, 0.2) is 0 Å². The Bertz CT molecular complexity index is 345. The van der Waals surface area contributed by atoms with Crippen molar-refractivity contribution in [1.29, 1.82) is 0 Å². The minimum absolute atomic E-state index is 1.71. The third-order valence-corrected chi connectivity index (χ3v) is 4.22. The molecule has 0 fully saturated rings. The van der Waals surface area contributed by atoms with Crippen molar-refractivity contribution < 1.29 is 0 Å². The van der Waals surface area contributed by atoms with E-state index in [0.29, 0.717) is 0 Å². The van der Waals surface area contributed by atoms with E-state index in [-0.39, 0.29) is 0 Å². The van der Waals surface area contributed by atoms with Gasteiger partial charge in [0.2, 0.25) is 0 Å². The van der Waals surface area contributed by atoms with Gasteiger partial charge in [0.25, 0.3) is 0 Å². The predicted octanol–water partition coefficient (Wildman–Crippen LogP) is 6.99. The average molecular weight is 337 g/mol. The standard InChI is InChI=1S/4C4H4S/c4*1-2-4-5-3-1/h4*1-4H. The normalized spacial score (nSPS) is 8.00. The van der Waals surface area contributed by atoms with Gasteiger partial charge < -0.3 is 0 Å². The Morgan fingerprint density at radius 1 is 0.250 bits per heavy atom. The van der Waals surface area contributed by atoms with E-state index in [1.807, 2.05) is 91.6 Å². The molecule has 0 spiro atoms. The summed E-state index contributed by atoms with van der Waals surface area (Å²) in [6.45, 7) is 0. The summed E-state index contributed by atoms with van der Waals surface area (Å²) in [6, 6.07) is 16.1. The third kappa shape index (κ3) is 11.9. The molecule has 0 aromatic carbocycles. The zero-order valence-electron chi connectivity index (χ0n) is 10.9. The van der Waals surface area contributed by atoms with Crippen LogP contribution >= 0.6 is 45.3 Å². The van der Waals surface area contributed by atoms with Crippen molar-refractivity contribution in [2.75, 3.05) is 0 Å². The summed E-state index contributed by atoms with van der Waals surface area (Å²) in [5, 5.41) is 16.3. The van der Waals surface area contributed by atoms with Gasteiger partial charge in [0.05, 0.1) is 0 Å². The Labute approximate surface area is 136 Å². The summed E-state index contributed by atoms with van der Waals surface area (Å²) in [6.07, 6.45) is 0. The number of thiophene rings is 4. The van der Waals surface area contributed by atoms with Gasteiger partial charge in [-0.05, 0) is 43.0 Å². The van der Waals surface area contributed by atoms with Crippen LogP contribution in [-0.4, -0.2) is 0 Å². The SMILES string of the molecule is c1ccsc1.c1ccsc1.c1ccsc1.c1ccsc1. The van der Waals surface area contributed by atoms with E-state index in [2.05, 4.69) is 0 Å². The van der Waals surface area contributed by atoms with Crippen LogP contribution < -0.4 is 0 Å². The van der Waals surface area contributed by atoms with Crippen LogP contribution in [0.25, 0.3) is 0 Å². The van der Waals surface area contributed by atoms with Crippen molar-refractivity contribution in [2.24, 2.45) is 0 Å². The summed E-state index contributed by atoms with van der Waals surface area (Å²) < 4.78 is 0. The lowest BCUT2D eigenvalue weighted by Crippen LogP contribution is -1.16. The van der Waals surface area contributed by atoms with Crippen molar-refractivity contribution in [3.63, 3.8) is 0 Å². The highest BCUT2D eigenvalue weighted by Gasteiger charge is 1.60. The first kappa shape index (κ1) is 16.9. The van der Waals surface area contributed by atoms with E-state index in [1.54, 1.807) is 45.3 Å². The third-order valence-electron chi connectivity index (χ3n) is 1.70. The van der Waals surface area contributed by atoms with Gasteiger partial charge in [-0.25, -0.2) is 0 Å². The molecule has 4 rings (SSSR count). The van der Waals surface area contributed by atoms with Crippen LogP contribution in [-0.2, 0) is 0 Å². The molecule has 0 N–H and O–H groups in total. The maximum Gasteiger partial charge on any atom is -0.00934 e. The monoisotopic (exact) mass is 336 g/mol. The summed E-state index contributed by atoms with van der Waals surface area (Å²) in [7, 11) is 0. The molecular formula is C16H16S4. The molecule has 20 heavy (non-hydrogen) atoms. The first-order chi connectivity index (χ1) is 10.0. The van der Waals surface area contributed by atoms with Gasteiger partial charge in [0, 0.05) is 0 Å². The molecule has 0 aliphatic carbocycles. The van der Waals surface area contributed by atoms with Gasteiger partial charge in [0.1, 0.15) is 0 Å². The van der Waals surface area contributed by atoms with Crippen molar-refractivity contribution in [3.8, 4) is 0 Å². The molecule has 0 amide bonds. The zero-order chi connectivity index (χ0) is 14.1. The highest BCUT2D eigenvalue weighted by molar-refractivity contribution is 7.08. The van der Waals surface area contributed by atoms with Crippen LogP contribution in [0.1, 0.15) is 0 Å². The summed E-state index contributed by atoms with van der Waals surface area (Å²) in [5.74, 6) is 0. The van der Waals surface area contributed by atoms with Crippen LogP contribution in [0, 0.1) is 0 Å². The predicted molar refractivity (Wildman–Crippen MR) is 97.3 cm³/mol. The van der Waals surface area contributed by atoms with Crippen LogP contribution in [0.15, 0.2) is 91.6 Å². The number of hydrogen-bond acceptors (Lipinski definition) is 4. The van der Waals surface area contributed by atoms with Gasteiger partial charge in [-0.2, -0.15) is 45.3 Å². The smallest absolute Gasteiger partial charge is 0.00934 e. The molecule has 0 atom stereocenters. The molecular weight excluding hydrogens is 320 g/mol. The van der Waals surface area contributed by atoms with Crippen LogP contribution in [0.3, 0.4) is 0 Å². The van der Waals surface area contributed by atoms with Crippen molar-refractivity contribution in [1.82, 2.24) is 0 Å². The molecule has 0 aliphatic rings. The molecule has 104 valence electrons. The Morgan fingerprint density at radius 3 is 0.450 bits per heavy atom. The molecule has 0 radical (unpaired) electrons. The molecule has 0 unspecified atom stereocenters. The second-order valence-electron chi connectivity index (χ2n) is 3.17. The molecule has 4 heterocycles. The summed E-state index contributed by atoms with van der Waals surface area (Å²) in [5.41, 5.74) is 0. The molecule has 0 bridgehead atoms. The van der Waals surface area contributed by atoms with E-state index in [4.69, 9.17) is 0 Å². The minimum atomic E-state index is 1.71. The lowest BCUT2D eigenvalue weighted by molar-refractivity contribution is 2.03. The van der Waals surface area contributed by atoms with E-state index in [1.165, 1.54) is 0 Å². The highest BCUT2D eigenvalue weighted by atomic mass is 32.1. The van der Waals surface area contributed by atoms with Gasteiger partial charge >= 0.3 is 0 Å². The second kappa shape index (κ2) is 14.2. The highest BCUT2D eigenvalue weighted by Crippen LogP contribution is 1.93. The first-order valence-corrected chi connectivity index (χ1v) is 9.66. The Balaban J connectivity index is 0.000000133. The maximum absolute atomic E-state index is 2.04. The van der Waals surface area contributed by atoms with E-state index in [0.717, 1.165) is 0 Å². The van der Waals surface area contributed by atoms with Gasteiger partial charge in [-0.3, -0.25) is 0 Å². The second-order valence-corrected chi connectivity index (χ2v) is 6.44. The van der Waals surface area contributed by atoms with Crippen molar-refractivity contribution >= 4 is 45.3 Å². The summed E-state index contributed by atoms with van der Waals surface area (Å²) >= 11 is 6.85. The quantitative estimate of drug-likeness (QED) is 0.324. The van der Waals surface area contributed by atoms with Crippen LogP contribution in [0.5, 0.6) is 0 Å². The Kier molecular flexibility index (Phi) is 12.0. The molecule has 4 aromatic rings. The van der Waals surface area contributed by atoms with Gasteiger partial charge in [-0.15, -0.1) is 0 Å². The Hall–Kier alpha value is -1.20. The maximum atomic E-state index is 2.04. The fourth-order valence-electron chi connectivity index (χ4n) is 0.907. The molecule has 0 aliphatic heterocycles. The first-order valence-electron chi connectivity index (χ1n) is 5.89. The average Bonchev–Trinajstić information content (AvgIpc) is 3.40. The molecule has 4 heteroatoms. The van der Waals surface area contributed by atoms with Gasteiger partial charge in [-0.1, -0.05) is 48.5 Å². The minimum Gasteiger partial charge on any atom is -0.152 e. The molecule has 4 aromatic heterocycles. The Morgan fingerprint density at radius 2 is 0.400 bits per heavy atom.